The van der Waals surface area contributed by atoms with Crippen LogP contribution in [0.15, 0.2) is 53.0 Å². The van der Waals surface area contributed by atoms with Crippen molar-refractivity contribution < 1.29 is 0 Å². The Morgan fingerprint density at radius 3 is 2.60 bits per heavy atom. The summed E-state index contributed by atoms with van der Waals surface area (Å²) in [4.78, 5) is 4.69. The molecule has 0 saturated carbocycles. The second-order valence-corrected chi connectivity index (χ2v) is 5.81. The number of aromatic nitrogens is 3. The Hall–Kier alpha value is -1.94. The highest BCUT2D eigenvalue weighted by Crippen LogP contribution is 2.26. The molecule has 3 aromatic rings. The Morgan fingerprint density at radius 2 is 1.75 bits per heavy atom. The summed E-state index contributed by atoms with van der Waals surface area (Å²) in [5.41, 5.74) is 3.55. The molecule has 1 aliphatic rings. The van der Waals surface area contributed by atoms with Crippen LogP contribution >= 0.6 is 15.9 Å². The van der Waals surface area contributed by atoms with E-state index in [1.54, 1.807) is 0 Å². The van der Waals surface area contributed by atoms with Gasteiger partial charge in [-0.1, -0.05) is 46.3 Å². The lowest BCUT2D eigenvalue weighted by Gasteiger charge is -2.15. The maximum Gasteiger partial charge on any atom is 0.181 e. The van der Waals surface area contributed by atoms with Crippen LogP contribution in [-0.4, -0.2) is 14.8 Å². The van der Waals surface area contributed by atoms with Crippen molar-refractivity contribution in [2.45, 2.75) is 12.8 Å². The van der Waals surface area contributed by atoms with E-state index in [1.165, 1.54) is 5.56 Å². The van der Waals surface area contributed by atoms with Crippen LogP contribution in [0.4, 0.5) is 0 Å². The normalized spacial score (nSPS) is 12.8. The quantitative estimate of drug-likeness (QED) is 0.681. The Bertz CT molecular complexity index is 775. The second kappa shape index (κ2) is 4.56. The molecule has 4 rings (SSSR count). The topological polar surface area (TPSA) is 30.7 Å². The number of para-hydroxylation sites is 1. The van der Waals surface area contributed by atoms with Crippen LogP contribution < -0.4 is 0 Å². The van der Waals surface area contributed by atoms with Gasteiger partial charge < -0.3 is 0 Å². The van der Waals surface area contributed by atoms with Gasteiger partial charge in [-0.15, -0.1) is 5.10 Å². The van der Waals surface area contributed by atoms with Gasteiger partial charge in [0.05, 0.1) is 5.69 Å². The van der Waals surface area contributed by atoms with E-state index in [0.29, 0.717) is 0 Å². The molecule has 4 heteroatoms. The lowest BCUT2D eigenvalue weighted by Crippen LogP contribution is -2.13. The zero-order valence-corrected chi connectivity index (χ0v) is 12.3. The van der Waals surface area contributed by atoms with Crippen LogP contribution in [0.2, 0.25) is 0 Å². The zero-order chi connectivity index (χ0) is 13.5. The fourth-order valence-electron chi connectivity index (χ4n) is 2.60. The zero-order valence-electron chi connectivity index (χ0n) is 10.8. The fraction of sp³-hybridized carbons (Fsp3) is 0.125. The van der Waals surface area contributed by atoms with Crippen molar-refractivity contribution >= 4 is 15.9 Å². The summed E-state index contributed by atoms with van der Waals surface area (Å²) in [6.45, 7) is 0. The van der Waals surface area contributed by atoms with E-state index in [1.807, 2.05) is 28.9 Å². The molecule has 0 radical (unpaired) electrons. The third-order valence-corrected chi connectivity index (χ3v) is 4.14. The molecule has 0 aliphatic carbocycles. The van der Waals surface area contributed by atoms with Crippen molar-refractivity contribution in [3.63, 3.8) is 0 Å². The number of hydrogen-bond acceptors (Lipinski definition) is 2. The smallest absolute Gasteiger partial charge is 0.181 e. The summed E-state index contributed by atoms with van der Waals surface area (Å²) in [5, 5.41) is 4.68. The van der Waals surface area contributed by atoms with Crippen molar-refractivity contribution in [3.05, 3.63) is 64.4 Å². The largest absolute Gasteiger partial charge is 0.217 e. The molecular weight excluding hydrogens is 314 g/mol. The van der Waals surface area contributed by atoms with Gasteiger partial charge >= 0.3 is 0 Å². The van der Waals surface area contributed by atoms with Gasteiger partial charge in [-0.3, -0.25) is 0 Å². The van der Waals surface area contributed by atoms with Crippen LogP contribution in [0, 0.1) is 0 Å². The number of nitrogens with zero attached hydrogens (tertiary/aromatic N) is 3. The molecule has 20 heavy (non-hydrogen) atoms. The Labute approximate surface area is 125 Å². The van der Waals surface area contributed by atoms with Gasteiger partial charge in [0, 0.05) is 16.5 Å². The highest BCUT2D eigenvalue weighted by Gasteiger charge is 2.19. The minimum Gasteiger partial charge on any atom is -0.217 e. The van der Waals surface area contributed by atoms with Gasteiger partial charge in [0.2, 0.25) is 0 Å². The second-order valence-electron chi connectivity index (χ2n) is 4.90. The number of rotatable bonds is 1. The van der Waals surface area contributed by atoms with Crippen LogP contribution in [0.5, 0.6) is 0 Å². The Balaban J connectivity index is 1.84. The third kappa shape index (κ3) is 1.88. The summed E-state index contributed by atoms with van der Waals surface area (Å²) in [6, 6.07) is 16.5. The number of aryl methyl sites for hydroxylation is 2. The average molecular weight is 326 g/mol. The van der Waals surface area contributed by atoms with E-state index in [2.05, 4.69) is 50.3 Å². The summed E-state index contributed by atoms with van der Waals surface area (Å²) in [7, 11) is 0. The van der Waals surface area contributed by atoms with E-state index < -0.39 is 0 Å². The summed E-state index contributed by atoms with van der Waals surface area (Å²) in [6.07, 6.45) is 1.98. The standard InChI is InChI=1S/C16H12BrN3/c17-13-8-5-12(6-9-13)16-18-15-10-7-11-3-1-2-4-14(11)20(15)19-16/h1-6,8-9H,7,10H2. The highest BCUT2D eigenvalue weighted by atomic mass is 79.9. The lowest BCUT2D eigenvalue weighted by molar-refractivity contribution is 0.723. The maximum atomic E-state index is 4.69. The van der Waals surface area contributed by atoms with Crippen molar-refractivity contribution in [2.75, 3.05) is 0 Å². The molecule has 98 valence electrons. The molecule has 0 saturated heterocycles. The molecule has 1 aliphatic heterocycles. The van der Waals surface area contributed by atoms with Crippen LogP contribution in [0.25, 0.3) is 17.1 Å². The van der Waals surface area contributed by atoms with E-state index in [4.69, 9.17) is 0 Å². The Morgan fingerprint density at radius 1 is 0.950 bits per heavy atom. The third-order valence-electron chi connectivity index (χ3n) is 3.61. The monoisotopic (exact) mass is 325 g/mol. The van der Waals surface area contributed by atoms with Crippen molar-refractivity contribution in [3.8, 4) is 17.1 Å². The highest BCUT2D eigenvalue weighted by molar-refractivity contribution is 9.10. The van der Waals surface area contributed by atoms with Gasteiger partial charge in [-0.2, -0.15) is 0 Å². The van der Waals surface area contributed by atoms with Crippen molar-refractivity contribution in [1.82, 2.24) is 14.8 Å². The molecule has 0 atom stereocenters. The van der Waals surface area contributed by atoms with Gasteiger partial charge in [0.1, 0.15) is 5.82 Å². The van der Waals surface area contributed by atoms with E-state index in [9.17, 15) is 0 Å². The average Bonchev–Trinajstić information content (AvgIpc) is 2.92. The predicted octanol–water partition coefficient (Wildman–Crippen LogP) is 3.80. The van der Waals surface area contributed by atoms with E-state index in [-0.39, 0.29) is 0 Å². The molecule has 0 bridgehead atoms. The van der Waals surface area contributed by atoms with Crippen molar-refractivity contribution in [1.29, 1.82) is 0 Å². The molecular formula is C16H12BrN3. The minimum atomic E-state index is 0.796. The van der Waals surface area contributed by atoms with Gasteiger partial charge in [0.25, 0.3) is 0 Å². The molecule has 3 nitrogen and oxygen atoms in total. The first-order valence-corrected chi connectivity index (χ1v) is 7.41. The van der Waals surface area contributed by atoms with Crippen LogP contribution in [-0.2, 0) is 12.8 Å². The molecule has 1 aromatic heterocycles. The predicted molar refractivity (Wildman–Crippen MR) is 81.9 cm³/mol. The molecule has 0 amide bonds. The molecule has 2 heterocycles. The summed E-state index contributed by atoms with van der Waals surface area (Å²) in [5.74, 6) is 1.84. The summed E-state index contributed by atoms with van der Waals surface area (Å²) >= 11 is 3.45. The fourth-order valence-corrected chi connectivity index (χ4v) is 2.86. The van der Waals surface area contributed by atoms with Gasteiger partial charge in [-0.25, -0.2) is 9.67 Å². The van der Waals surface area contributed by atoms with Gasteiger partial charge in [-0.05, 0) is 30.2 Å². The first-order chi connectivity index (χ1) is 9.81. The SMILES string of the molecule is Brc1ccc(-c2nc3n(n2)-c2ccccc2CC3)cc1. The molecule has 0 unspecified atom stereocenters. The molecule has 0 spiro atoms. The lowest BCUT2D eigenvalue weighted by atomic mass is 10.0. The van der Waals surface area contributed by atoms with Gasteiger partial charge in [0.15, 0.2) is 5.82 Å². The van der Waals surface area contributed by atoms with Crippen LogP contribution in [0.3, 0.4) is 0 Å². The summed E-state index contributed by atoms with van der Waals surface area (Å²) < 4.78 is 3.05. The van der Waals surface area contributed by atoms with E-state index in [0.717, 1.165) is 40.2 Å². The van der Waals surface area contributed by atoms with Crippen LogP contribution in [0.1, 0.15) is 11.4 Å². The number of fused-ring (bicyclic) bond motifs is 3. The molecule has 2 aromatic carbocycles. The van der Waals surface area contributed by atoms with Crippen molar-refractivity contribution in [2.24, 2.45) is 0 Å². The minimum absolute atomic E-state index is 0.796. The number of hydrogen-bond donors (Lipinski definition) is 0. The Kier molecular flexibility index (Phi) is 2.70. The van der Waals surface area contributed by atoms with E-state index >= 15 is 0 Å². The molecule has 0 N–H and O–H groups in total. The number of halogens is 1. The first kappa shape index (κ1) is 11.9. The molecule has 0 fully saturated rings. The first-order valence-electron chi connectivity index (χ1n) is 6.61. The number of benzene rings is 2. The maximum absolute atomic E-state index is 4.69.